The molecule has 8 heteroatoms. The van der Waals surface area contributed by atoms with E-state index in [-0.39, 0.29) is 11.0 Å². The lowest BCUT2D eigenvalue weighted by atomic mass is 10.0. The van der Waals surface area contributed by atoms with Crippen LogP contribution in [0.15, 0.2) is 78.9 Å². The minimum absolute atomic E-state index is 0.153. The molecule has 4 aromatic rings. The van der Waals surface area contributed by atoms with Crippen LogP contribution in [-0.2, 0) is 22.3 Å². The second kappa shape index (κ2) is 8.43. The van der Waals surface area contributed by atoms with E-state index in [1.54, 1.807) is 60.7 Å². The molecule has 1 atom stereocenters. The topological polar surface area (TPSA) is 44.1 Å². The van der Waals surface area contributed by atoms with Crippen molar-refractivity contribution in [2.24, 2.45) is 0 Å². The number of alkyl halides is 3. The number of benzene rings is 3. The number of aromatic nitrogens is 2. The third kappa shape index (κ3) is 4.56. The minimum Gasteiger partial charge on any atom is -0.451 e. The maximum Gasteiger partial charge on any atom is 0.449 e. The van der Waals surface area contributed by atoms with Crippen molar-refractivity contribution in [2.45, 2.75) is 18.8 Å². The van der Waals surface area contributed by atoms with E-state index in [9.17, 15) is 18.0 Å². The molecular weight excluding hydrogens is 429 g/mol. The Hall–Kier alpha value is -3.32. The molecule has 0 aliphatic heterocycles. The van der Waals surface area contributed by atoms with E-state index in [0.717, 1.165) is 4.57 Å². The molecule has 0 aliphatic carbocycles. The zero-order valence-electron chi connectivity index (χ0n) is 16.0. The van der Waals surface area contributed by atoms with Crippen molar-refractivity contribution >= 4 is 28.6 Å². The summed E-state index contributed by atoms with van der Waals surface area (Å²) in [7, 11) is 0. The molecule has 4 rings (SSSR count). The Morgan fingerprint density at radius 1 is 0.935 bits per heavy atom. The van der Waals surface area contributed by atoms with Crippen molar-refractivity contribution in [1.29, 1.82) is 0 Å². The lowest BCUT2D eigenvalue weighted by Crippen LogP contribution is -2.22. The van der Waals surface area contributed by atoms with Gasteiger partial charge in [0.05, 0.1) is 11.0 Å². The van der Waals surface area contributed by atoms with Gasteiger partial charge < -0.3 is 9.30 Å². The number of imidazole rings is 1. The number of ether oxygens (including phenoxy) is 1. The van der Waals surface area contributed by atoms with Gasteiger partial charge in [0.25, 0.3) is 0 Å². The first-order valence-electron chi connectivity index (χ1n) is 9.35. The molecule has 1 heterocycles. The molecule has 1 aromatic heterocycles. The quantitative estimate of drug-likeness (QED) is 0.352. The van der Waals surface area contributed by atoms with Crippen LogP contribution in [0.4, 0.5) is 13.2 Å². The summed E-state index contributed by atoms with van der Waals surface area (Å²) in [5, 5.41) is 0.515. The molecule has 0 radical (unpaired) electrons. The number of rotatable bonds is 5. The smallest absolute Gasteiger partial charge is 0.449 e. The minimum atomic E-state index is -4.71. The summed E-state index contributed by atoms with van der Waals surface area (Å²) in [5.41, 5.74) is 1.69. The predicted molar refractivity (Wildman–Crippen MR) is 111 cm³/mol. The summed E-state index contributed by atoms with van der Waals surface area (Å²) in [6.07, 6.45) is -5.51. The molecule has 0 bridgehead atoms. The Morgan fingerprint density at radius 2 is 1.55 bits per heavy atom. The second-order valence-electron chi connectivity index (χ2n) is 6.84. The van der Waals surface area contributed by atoms with E-state index in [4.69, 9.17) is 16.3 Å². The molecule has 0 unspecified atom stereocenters. The van der Waals surface area contributed by atoms with Crippen LogP contribution in [0.5, 0.6) is 0 Å². The molecule has 3 aromatic carbocycles. The van der Waals surface area contributed by atoms with E-state index in [1.807, 2.05) is 6.07 Å². The highest BCUT2D eigenvalue weighted by Gasteiger charge is 2.38. The van der Waals surface area contributed by atoms with E-state index in [0.29, 0.717) is 16.1 Å². The lowest BCUT2D eigenvalue weighted by molar-refractivity contribution is -0.152. The molecule has 0 N–H and O–H groups in total. The molecule has 158 valence electrons. The fourth-order valence-corrected chi connectivity index (χ4v) is 3.47. The van der Waals surface area contributed by atoms with Gasteiger partial charge >= 0.3 is 12.1 Å². The Morgan fingerprint density at radius 3 is 2.23 bits per heavy atom. The number of carbonyl (C=O) groups excluding carboxylic acids is 1. The van der Waals surface area contributed by atoms with Crippen LogP contribution in [-0.4, -0.2) is 15.5 Å². The van der Waals surface area contributed by atoms with Gasteiger partial charge in [0.1, 0.15) is 6.54 Å². The van der Waals surface area contributed by atoms with Crippen LogP contribution in [0.3, 0.4) is 0 Å². The summed E-state index contributed by atoms with van der Waals surface area (Å²) >= 11 is 5.95. The van der Waals surface area contributed by atoms with Crippen molar-refractivity contribution in [1.82, 2.24) is 9.55 Å². The second-order valence-corrected chi connectivity index (χ2v) is 7.28. The Labute approximate surface area is 180 Å². The third-order valence-corrected chi connectivity index (χ3v) is 4.97. The maximum absolute atomic E-state index is 13.5. The van der Waals surface area contributed by atoms with Gasteiger partial charge in [0.15, 0.2) is 6.10 Å². The summed E-state index contributed by atoms with van der Waals surface area (Å²) in [6, 6.07) is 21.8. The predicted octanol–water partition coefficient (Wildman–Crippen LogP) is 6.04. The van der Waals surface area contributed by atoms with Gasteiger partial charge in [0, 0.05) is 5.02 Å². The number of nitrogens with zero attached hydrogens (tertiary/aromatic N) is 2. The molecule has 0 aliphatic rings. The van der Waals surface area contributed by atoms with E-state index in [1.165, 1.54) is 12.1 Å². The van der Waals surface area contributed by atoms with E-state index >= 15 is 0 Å². The fourth-order valence-electron chi connectivity index (χ4n) is 3.34. The van der Waals surface area contributed by atoms with Crippen LogP contribution < -0.4 is 0 Å². The number of para-hydroxylation sites is 2. The van der Waals surface area contributed by atoms with Gasteiger partial charge in [-0.15, -0.1) is 0 Å². The number of fused-ring (bicyclic) bond motifs is 1. The van der Waals surface area contributed by atoms with Gasteiger partial charge in [-0.3, -0.25) is 4.79 Å². The van der Waals surface area contributed by atoms with Crippen molar-refractivity contribution < 1.29 is 22.7 Å². The third-order valence-electron chi connectivity index (χ3n) is 4.72. The number of carbonyl (C=O) groups is 1. The van der Waals surface area contributed by atoms with E-state index in [2.05, 4.69) is 4.98 Å². The summed E-state index contributed by atoms with van der Waals surface area (Å²) in [5.74, 6) is -1.97. The first-order valence-corrected chi connectivity index (χ1v) is 9.73. The van der Waals surface area contributed by atoms with Crippen LogP contribution in [0.2, 0.25) is 5.02 Å². The highest BCUT2D eigenvalue weighted by atomic mass is 35.5. The summed E-state index contributed by atoms with van der Waals surface area (Å²) in [4.78, 5) is 16.5. The average molecular weight is 445 g/mol. The van der Waals surface area contributed by atoms with Crippen LogP contribution in [0.25, 0.3) is 11.0 Å². The number of halogens is 4. The molecule has 31 heavy (non-hydrogen) atoms. The van der Waals surface area contributed by atoms with Gasteiger partial charge in [-0.25, -0.2) is 4.98 Å². The van der Waals surface area contributed by atoms with Crippen LogP contribution in [0, 0.1) is 0 Å². The lowest BCUT2D eigenvalue weighted by Gasteiger charge is -2.20. The van der Waals surface area contributed by atoms with Crippen molar-refractivity contribution in [3.05, 3.63) is 101 Å². The first kappa shape index (κ1) is 20.9. The van der Waals surface area contributed by atoms with Crippen molar-refractivity contribution in [2.75, 3.05) is 0 Å². The maximum atomic E-state index is 13.5. The average Bonchev–Trinajstić information content (AvgIpc) is 3.12. The standard InChI is InChI=1S/C23H16ClF3N2O2/c24-17-12-10-16(11-13-17)21(15-6-2-1-3-7-15)31-20(30)14-29-19-9-5-4-8-18(19)28-22(29)23(25,26)27/h1-13,21H,14H2/t21-/m0/s1. The Kier molecular flexibility index (Phi) is 5.69. The zero-order valence-corrected chi connectivity index (χ0v) is 16.8. The zero-order chi connectivity index (χ0) is 22.0. The SMILES string of the molecule is O=C(Cn1c(C(F)(F)F)nc2ccccc21)O[C@@H](c1ccccc1)c1ccc(Cl)cc1. The molecule has 4 nitrogen and oxygen atoms in total. The molecule has 0 fully saturated rings. The first-order chi connectivity index (χ1) is 14.8. The van der Waals surface area contributed by atoms with Gasteiger partial charge in [-0.05, 0) is 35.4 Å². The van der Waals surface area contributed by atoms with Gasteiger partial charge in [0.2, 0.25) is 5.82 Å². The summed E-state index contributed by atoms with van der Waals surface area (Å²) in [6.45, 7) is -0.633. The van der Waals surface area contributed by atoms with Gasteiger partial charge in [-0.2, -0.15) is 13.2 Å². The largest absolute Gasteiger partial charge is 0.451 e. The number of hydrogen-bond acceptors (Lipinski definition) is 3. The molecular formula is C23H16ClF3N2O2. The van der Waals surface area contributed by atoms with Crippen LogP contribution >= 0.6 is 11.6 Å². The Balaban J connectivity index is 1.67. The highest BCUT2D eigenvalue weighted by molar-refractivity contribution is 6.30. The van der Waals surface area contributed by atoms with Crippen molar-refractivity contribution in [3.8, 4) is 0 Å². The summed E-state index contributed by atoms with van der Waals surface area (Å²) < 4.78 is 47.0. The molecule has 0 saturated carbocycles. The van der Waals surface area contributed by atoms with Gasteiger partial charge in [-0.1, -0.05) is 66.2 Å². The fraction of sp³-hybridized carbons (Fsp3) is 0.130. The normalized spacial score (nSPS) is 12.6. The molecule has 0 saturated heterocycles. The highest BCUT2D eigenvalue weighted by Crippen LogP contribution is 2.32. The molecule has 0 spiro atoms. The Bertz CT molecular complexity index is 1210. The molecule has 0 amide bonds. The monoisotopic (exact) mass is 444 g/mol. The van der Waals surface area contributed by atoms with Crippen LogP contribution in [0.1, 0.15) is 23.1 Å². The van der Waals surface area contributed by atoms with E-state index < -0.39 is 30.6 Å². The van der Waals surface area contributed by atoms with Crippen molar-refractivity contribution in [3.63, 3.8) is 0 Å². The number of esters is 1. The number of hydrogen-bond donors (Lipinski definition) is 0.